The molecular weight excluding hydrogens is 220 g/mol. The number of benzene rings is 1. The van der Waals surface area contributed by atoms with Crippen molar-refractivity contribution in [2.75, 3.05) is 7.11 Å². The maximum Gasteiger partial charge on any atom is 0.255 e. The van der Waals surface area contributed by atoms with Crippen LogP contribution in [0.4, 0.5) is 5.69 Å². The van der Waals surface area contributed by atoms with Crippen LogP contribution < -0.4 is 10.3 Å². The minimum atomic E-state index is -0.152. The molecule has 2 aromatic rings. The molecule has 0 radical (unpaired) electrons. The number of ether oxygens (including phenoxy) is 1. The largest absolute Gasteiger partial charge is 0.494 e. The summed E-state index contributed by atoms with van der Waals surface area (Å²) < 4.78 is 6.48. The monoisotopic (exact) mass is 230 g/mol. The number of hydrogen-bond acceptors (Lipinski definition) is 4. The molecule has 0 aliphatic carbocycles. The van der Waals surface area contributed by atoms with E-state index in [1.807, 2.05) is 0 Å². The molecule has 0 N–H and O–H groups in total. The molecule has 0 unspecified atom stereocenters. The first-order chi connectivity index (χ1) is 8.26. The lowest BCUT2D eigenvalue weighted by molar-refractivity contribution is 0.416. The molecule has 1 aromatic carbocycles. The Balaban J connectivity index is 2.58. The van der Waals surface area contributed by atoms with Gasteiger partial charge in [0.25, 0.3) is 5.56 Å². The summed E-state index contributed by atoms with van der Waals surface area (Å²) in [4.78, 5) is 22.1. The van der Waals surface area contributed by atoms with E-state index in [4.69, 9.17) is 4.74 Å². The molecule has 17 heavy (non-hydrogen) atoms. The van der Waals surface area contributed by atoms with Crippen LogP contribution in [0.2, 0.25) is 0 Å². The molecule has 0 amide bonds. The van der Waals surface area contributed by atoms with Crippen LogP contribution in [0.1, 0.15) is 0 Å². The lowest BCUT2D eigenvalue weighted by Crippen LogP contribution is -2.15. The maximum absolute atomic E-state index is 11.6. The van der Waals surface area contributed by atoms with Crippen LogP contribution in [-0.2, 0) is 0 Å². The molecule has 0 bridgehead atoms. The molecule has 5 heteroatoms. The Morgan fingerprint density at radius 1 is 1.24 bits per heavy atom. The van der Waals surface area contributed by atoms with Crippen LogP contribution in [0.15, 0.2) is 52.6 Å². The van der Waals surface area contributed by atoms with Gasteiger partial charge in [0.15, 0.2) is 0 Å². The molecule has 0 fully saturated rings. The Hall–Kier alpha value is -2.43. The van der Waals surface area contributed by atoms with E-state index in [1.165, 1.54) is 23.8 Å². The molecular formula is C12H10N2O3. The van der Waals surface area contributed by atoms with E-state index < -0.39 is 0 Å². The summed E-state index contributed by atoms with van der Waals surface area (Å²) in [6, 6.07) is 9.62. The number of pyridine rings is 1. The van der Waals surface area contributed by atoms with Crippen LogP contribution in [0.3, 0.4) is 0 Å². The number of hydrogen-bond donors (Lipinski definition) is 0. The van der Waals surface area contributed by atoms with Crippen LogP contribution in [0.25, 0.3) is 5.69 Å². The highest BCUT2D eigenvalue weighted by Gasteiger charge is 2.06. The van der Waals surface area contributed by atoms with E-state index in [2.05, 4.69) is 5.18 Å². The van der Waals surface area contributed by atoms with E-state index in [-0.39, 0.29) is 11.2 Å². The molecule has 0 spiro atoms. The Kier molecular flexibility index (Phi) is 3.00. The quantitative estimate of drug-likeness (QED) is 0.760. The molecule has 1 aromatic heterocycles. The van der Waals surface area contributed by atoms with Gasteiger partial charge in [0.05, 0.1) is 12.8 Å². The highest BCUT2D eigenvalue weighted by Crippen LogP contribution is 2.28. The minimum Gasteiger partial charge on any atom is -0.494 e. The van der Waals surface area contributed by atoms with Crippen LogP contribution in [-0.4, -0.2) is 11.7 Å². The zero-order valence-electron chi connectivity index (χ0n) is 9.16. The van der Waals surface area contributed by atoms with E-state index >= 15 is 0 Å². The molecule has 0 aliphatic rings. The average molecular weight is 230 g/mol. The van der Waals surface area contributed by atoms with Gasteiger partial charge in [-0.2, -0.15) is 0 Å². The van der Waals surface area contributed by atoms with Gasteiger partial charge in [-0.15, -0.1) is 4.91 Å². The van der Waals surface area contributed by atoms with E-state index in [1.54, 1.807) is 30.5 Å². The fourth-order valence-electron chi connectivity index (χ4n) is 1.53. The summed E-state index contributed by atoms with van der Waals surface area (Å²) in [5, 5.41) is 2.84. The van der Waals surface area contributed by atoms with Crippen molar-refractivity contribution in [3.8, 4) is 11.4 Å². The van der Waals surface area contributed by atoms with Gasteiger partial charge in [-0.3, -0.25) is 9.36 Å². The Morgan fingerprint density at radius 3 is 2.71 bits per heavy atom. The standard InChI is InChI=1S/C12H10N2O3/c1-17-11-8-9(5-6-10(11)13-16)14-7-3-2-4-12(14)15/h2-8H,1H3. The van der Waals surface area contributed by atoms with E-state index in [0.29, 0.717) is 11.4 Å². The highest BCUT2D eigenvalue weighted by atomic mass is 16.5. The van der Waals surface area contributed by atoms with Crippen molar-refractivity contribution in [1.29, 1.82) is 0 Å². The van der Waals surface area contributed by atoms with Gasteiger partial charge >= 0.3 is 0 Å². The second kappa shape index (κ2) is 4.61. The van der Waals surface area contributed by atoms with Crippen molar-refractivity contribution in [1.82, 2.24) is 4.57 Å². The van der Waals surface area contributed by atoms with Crippen molar-refractivity contribution in [3.05, 3.63) is 57.9 Å². The van der Waals surface area contributed by atoms with Crippen LogP contribution in [0, 0.1) is 4.91 Å². The molecule has 0 saturated heterocycles. The van der Waals surface area contributed by atoms with Crippen molar-refractivity contribution >= 4 is 5.69 Å². The number of nitrogens with zero attached hydrogens (tertiary/aromatic N) is 2. The van der Waals surface area contributed by atoms with Crippen molar-refractivity contribution in [2.24, 2.45) is 5.18 Å². The second-order valence-corrected chi connectivity index (χ2v) is 3.36. The topological polar surface area (TPSA) is 60.7 Å². The third-order valence-electron chi connectivity index (χ3n) is 2.36. The van der Waals surface area contributed by atoms with Crippen molar-refractivity contribution in [3.63, 3.8) is 0 Å². The molecule has 0 saturated carbocycles. The molecule has 5 nitrogen and oxygen atoms in total. The third-order valence-corrected chi connectivity index (χ3v) is 2.36. The van der Waals surface area contributed by atoms with Crippen molar-refractivity contribution < 1.29 is 4.74 Å². The maximum atomic E-state index is 11.6. The van der Waals surface area contributed by atoms with E-state index in [0.717, 1.165) is 0 Å². The Labute approximate surface area is 97.3 Å². The lowest BCUT2D eigenvalue weighted by atomic mass is 10.2. The van der Waals surface area contributed by atoms with Crippen LogP contribution >= 0.6 is 0 Å². The van der Waals surface area contributed by atoms with Gasteiger partial charge in [0.1, 0.15) is 11.4 Å². The van der Waals surface area contributed by atoms with Gasteiger partial charge in [-0.1, -0.05) is 6.07 Å². The number of rotatable bonds is 3. The first-order valence-electron chi connectivity index (χ1n) is 4.95. The Morgan fingerprint density at radius 2 is 2.06 bits per heavy atom. The zero-order valence-corrected chi connectivity index (χ0v) is 9.16. The summed E-state index contributed by atoms with van der Waals surface area (Å²) in [6.07, 6.45) is 1.64. The number of methoxy groups -OCH3 is 1. The van der Waals surface area contributed by atoms with E-state index in [9.17, 15) is 9.70 Å². The number of nitroso groups, excluding NO2 is 1. The second-order valence-electron chi connectivity index (χ2n) is 3.36. The molecule has 2 rings (SSSR count). The molecule has 1 heterocycles. The summed E-state index contributed by atoms with van der Waals surface area (Å²) in [6.45, 7) is 0. The van der Waals surface area contributed by atoms with Gasteiger partial charge in [0.2, 0.25) is 0 Å². The molecule has 0 atom stereocenters. The van der Waals surface area contributed by atoms with Crippen molar-refractivity contribution in [2.45, 2.75) is 0 Å². The fraction of sp³-hybridized carbons (Fsp3) is 0.0833. The third kappa shape index (κ3) is 2.08. The fourth-order valence-corrected chi connectivity index (χ4v) is 1.53. The minimum absolute atomic E-state index is 0.152. The predicted molar refractivity (Wildman–Crippen MR) is 64.0 cm³/mol. The highest BCUT2D eigenvalue weighted by molar-refractivity contribution is 5.56. The predicted octanol–water partition coefficient (Wildman–Crippen LogP) is 2.24. The SMILES string of the molecule is COc1cc(-n2ccccc2=O)ccc1N=O. The molecule has 86 valence electrons. The smallest absolute Gasteiger partial charge is 0.255 e. The summed E-state index contributed by atoms with van der Waals surface area (Å²) in [5.74, 6) is 0.341. The summed E-state index contributed by atoms with van der Waals surface area (Å²) in [5.41, 5.74) is 0.682. The average Bonchev–Trinajstić information content (AvgIpc) is 2.38. The zero-order chi connectivity index (χ0) is 12.3. The molecule has 0 aliphatic heterocycles. The van der Waals surface area contributed by atoms with Gasteiger partial charge in [0, 0.05) is 18.3 Å². The lowest BCUT2D eigenvalue weighted by Gasteiger charge is -2.08. The Bertz CT molecular complexity index is 605. The van der Waals surface area contributed by atoms with Gasteiger partial charge in [-0.25, -0.2) is 0 Å². The van der Waals surface area contributed by atoms with Crippen LogP contribution in [0.5, 0.6) is 5.75 Å². The first kappa shape index (κ1) is 11.1. The normalized spacial score (nSPS) is 9.94. The van der Waals surface area contributed by atoms with Gasteiger partial charge < -0.3 is 4.74 Å². The first-order valence-corrected chi connectivity index (χ1v) is 4.95. The van der Waals surface area contributed by atoms with Gasteiger partial charge in [-0.05, 0) is 23.4 Å². The summed E-state index contributed by atoms with van der Waals surface area (Å²) >= 11 is 0. The summed E-state index contributed by atoms with van der Waals surface area (Å²) in [7, 11) is 1.45. The number of aromatic nitrogens is 1.